The van der Waals surface area contributed by atoms with Crippen molar-refractivity contribution < 1.29 is 23.3 Å². The smallest absolute Gasteiger partial charge is 0.493 e. The molecule has 2 heterocycles. The summed E-state index contributed by atoms with van der Waals surface area (Å²) in [7, 11) is 1.15. The molecule has 1 aliphatic heterocycles. The first-order valence-electron chi connectivity index (χ1n) is 9.96. The quantitative estimate of drug-likeness (QED) is 0.570. The summed E-state index contributed by atoms with van der Waals surface area (Å²) in [5.41, 5.74) is 1.85. The number of methoxy groups -OCH3 is 1. The molecule has 0 aliphatic carbocycles. The first-order valence-corrected chi connectivity index (χ1v) is 9.96. The van der Waals surface area contributed by atoms with E-state index in [4.69, 9.17) is 23.3 Å². The molecule has 0 bridgehead atoms. The van der Waals surface area contributed by atoms with Crippen LogP contribution in [0.1, 0.15) is 33.5 Å². The lowest BCUT2D eigenvalue weighted by Crippen LogP contribution is -2.41. The molecule has 1 aromatic heterocycles. The van der Waals surface area contributed by atoms with Gasteiger partial charge in [-0.05, 0) is 45.3 Å². The molecular weight excluding hydrogens is 381 g/mol. The van der Waals surface area contributed by atoms with Crippen molar-refractivity contribution in [2.24, 2.45) is 0 Å². The highest BCUT2D eigenvalue weighted by Gasteiger charge is 2.51. The third kappa shape index (κ3) is 3.95. The summed E-state index contributed by atoms with van der Waals surface area (Å²) in [6.07, 6.45) is 0. The van der Waals surface area contributed by atoms with Crippen molar-refractivity contribution in [2.45, 2.75) is 45.5 Å². The van der Waals surface area contributed by atoms with Crippen molar-refractivity contribution in [3.05, 3.63) is 60.4 Å². The third-order valence-electron chi connectivity index (χ3n) is 5.71. The molecule has 7 heteroatoms. The van der Waals surface area contributed by atoms with Crippen molar-refractivity contribution in [1.29, 1.82) is 0 Å². The molecule has 0 unspecified atom stereocenters. The van der Waals surface area contributed by atoms with E-state index in [1.165, 1.54) is 0 Å². The predicted octanol–water partition coefficient (Wildman–Crippen LogP) is 4.23. The molecule has 156 valence electrons. The minimum Gasteiger partial charge on any atom is -0.493 e. The molecule has 1 aliphatic rings. The second-order valence-corrected chi connectivity index (χ2v) is 8.33. The molecule has 0 amide bonds. The number of hydrogen-bond acceptors (Lipinski definition) is 6. The van der Waals surface area contributed by atoms with Crippen LogP contribution in [0.2, 0.25) is 0 Å². The zero-order valence-electron chi connectivity index (χ0n) is 18.0. The van der Waals surface area contributed by atoms with Gasteiger partial charge in [-0.2, -0.15) is 0 Å². The minimum absolute atomic E-state index is 0.242. The van der Waals surface area contributed by atoms with Crippen LogP contribution in [0.15, 0.2) is 59.1 Å². The molecule has 6 nitrogen and oxygen atoms in total. The van der Waals surface area contributed by atoms with Crippen LogP contribution in [-0.4, -0.2) is 30.6 Å². The lowest BCUT2D eigenvalue weighted by atomic mass is 9.79. The summed E-state index contributed by atoms with van der Waals surface area (Å²) in [5.74, 6) is 1.84. The fourth-order valence-electron chi connectivity index (χ4n) is 3.20. The Morgan fingerprint density at radius 2 is 1.60 bits per heavy atom. The van der Waals surface area contributed by atoms with Gasteiger partial charge in [0.05, 0.1) is 18.3 Å². The Balaban J connectivity index is 1.46. The normalized spacial score (nSPS) is 17.2. The number of benzene rings is 2. The monoisotopic (exact) mass is 407 g/mol. The molecule has 30 heavy (non-hydrogen) atoms. The molecule has 0 spiro atoms. The van der Waals surface area contributed by atoms with Crippen LogP contribution in [0.3, 0.4) is 0 Å². The number of rotatable bonds is 6. The zero-order chi connectivity index (χ0) is 21.4. The van der Waals surface area contributed by atoms with Gasteiger partial charge in [0.1, 0.15) is 12.3 Å². The molecule has 2 aromatic carbocycles. The van der Waals surface area contributed by atoms with E-state index >= 15 is 0 Å². The van der Waals surface area contributed by atoms with Gasteiger partial charge in [0.2, 0.25) is 0 Å². The Bertz CT molecular complexity index is 999. The second kappa shape index (κ2) is 7.82. The second-order valence-electron chi connectivity index (χ2n) is 8.33. The maximum atomic E-state index is 6.12. The first kappa shape index (κ1) is 20.5. The minimum atomic E-state index is -0.458. The summed E-state index contributed by atoms with van der Waals surface area (Å²) in [6.45, 7) is 8.36. The van der Waals surface area contributed by atoms with Gasteiger partial charge in [-0.1, -0.05) is 41.6 Å². The lowest BCUT2D eigenvalue weighted by molar-refractivity contribution is 0.00578. The van der Waals surface area contributed by atoms with E-state index in [0.717, 1.165) is 16.7 Å². The topological polar surface area (TPSA) is 63.0 Å². The van der Waals surface area contributed by atoms with E-state index < -0.39 is 18.3 Å². The SMILES string of the molecule is COc1cc(B2OC(C)(C)C(C)(C)O2)ccc1OCc1cc(-c2ccccc2)no1. The predicted molar refractivity (Wildman–Crippen MR) is 115 cm³/mol. The van der Waals surface area contributed by atoms with Gasteiger partial charge >= 0.3 is 7.12 Å². The Morgan fingerprint density at radius 1 is 0.900 bits per heavy atom. The molecule has 3 aromatic rings. The van der Waals surface area contributed by atoms with Crippen LogP contribution in [0.4, 0.5) is 0 Å². The van der Waals surface area contributed by atoms with Crippen molar-refractivity contribution in [1.82, 2.24) is 5.16 Å². The Morgan fingerprint density at radius 3 is 2.27 bits per heavy atom. The van der Waals surface area contributed by atoms with Gasteiger partial charge in [0.25, 0.3) is 0 Å². The first-order chi connectivity index (χ1) is 14.3. The summed E-state index contributed by atoms with van der Waals surface area (Å²) in [6, 6.07) is 17.4. The van der Waals surface area contributed by atoms with E-state index in [9.17, 15) is 0 Å². The fourth-order valence-corrected chi connectivity index (χ4v) is 3.20. The summed E-state index contributed by atoms with van der Waals surface area (Å²) in [5, 5.41) is 4.12. The number of hydrogen-bond donors (Lipinski definition) is 0. The van der Waals surface area contributed by atoms with Crippen molar-refractivity contribution in [3.63, 3.8) is 0 Å². The maximum Gasteiger partial charge on any atom is 0.494 e. The average molecular weight is 407 g/mol. The molecule has 1 saturated heterocycles. The summed E-state index contributed by atoms with van der Waals surface area (Å²) in [4.78, 5) is 0. The van der Waals surface area contributed by atoms with Gasteiger partial charge in [0, 0.05) is 11.6 Å². The largest absolute Gasteiger partial charge is 0.494 e. The lowest BCUT2D eigenvalue weighted by Gasteiger charge is -2.32. The molecule has 4 rings (SSSR count). The molecular formula is C23H26BNO5. The zero-order valence-corrected chi connectivity index (χ0v) is 18.0. The van der Waals surface area contributed by atoms with E-state index in [-0.39, 0.29) is 6.61 Å². The molecule has 0 saturated carbocycles. The van der Waals surface area contributed by atoms with Gasteiger partial charge in [-0.15, -0.1) is 0 Å². The van der Waals surface area contributed by atoms with Crippen LogP contribution in [0, 0.1) is 0 Å². The van der Waals surface area contributed by atoms with E-state index in [1.807, 2.05) is 82.3 Å². The van der Waals surface area contributed by atoms with Crippen molar-refractivity contribution in [3.8, 4) is 22.8 Å². The number of ether oxygens (including phenoxy) is 2. The third-order valence-corrected chi connectivity index (χ3v) is 5.71. The molecule has 0 atom stereocenters. The molecule has 1 fully saturated rings. The van der Waals surface area contributed by atoms with Gasteiger partial charge < -0.3 is 23.3 Å². The fraction of sp³-hybridized carbons (Fsp3) is 0.348. The van der Waals surface area contributed by atoms with Crippen LogP contribution in [-0.2, 0) is 15.9 Å². The highest BCUT2D eigenvalue weighted by Crippen LogP contribution is 2.37. The highest BCUT2D eigenvalue weighted by molar-refractivity contribution is 6.62. The number of nitrogens with zero attached hydrogens (tertiary/aromatic N) is 1. The van der Waals surface area contributed by atoms with Crippen LogP contribution in [0.25, 0.3) is 11.3 Å². The number of aromatic nitrogens is 1. The standard InChI is InChI=1S/C23H26BNO5/c1-22(2)23(3,4)30-24(29-22)17-11-12-20(21(13-17)26-5)27-15-18-14-19(25-28-18)16-9-7-6-8-10-16/h6-14H,15H2,1-5H3. The van der Waals surface area contributed by atoms with Crippen LogP contribution < -0.4 is 14.9 Å². The summed E-state index contributed by atoms with van der Waals surface area (Å²) >= 11 is 0. The van der Waals surface area contributed by atoms with Gasteiger partial charge in [-0.25, -0.2) is 0 Å². The van der Waals surface area contributed by atoms with Gasteiger partial charge in [-0.3, -0.25) is 0 Å². The Hall–Kier alpha value is -2.77. The average Bonchev–Trinajstić information content (AvgIpc) is 3.28. The van der Waals surface area contributed by atoms with Gasteiger partial charge in [0.15, 0.2) is 17.3 Å². The Labute approximate surface area is 177 Å². The maximum absolute atomic E-state index is 6.12. The Kier molecular flexibility index (Phi) is 5.34. The van der Waals surface area contributed by atoms with Crippen molar-refractivity contribution >= 4 is 12.6 Å². The van der Waals surface area contributed by atoms with E-state index in [1.54, 1.807) is 7.11 Å². The van der Waals surface area contributed by atoms with Crippen LogP contribution in [0.5, 0.6) is 11.5 Å². The summed E-state index contributed by atoms with van der Waals surface area (Å²) < 4.78 is 29.1. The molecule has 0 radical (unpaired) electrons. The van der Waals surface area contributed by atoms with Crippen molar-refractivity contribution in [2.75, 3.05) is 7.11 Å². The van der Waals surface area contributed by atoms with E-state index in [0.29, 0.717) is 17.3 Å². The van der Waals surface area contributed by atoms with Crippen LogP contribution >= 0.6 is 0 Å². The molecule has 0 N–H and O–H groups in total. The van der Waals surface area contributed by atoms with E-state index in [2.05, 4.69) is 5.16 Å². The highest BCUT2D eigenvalue weighted by atomic mass is 16.7.